The van der Waals surface area contributed by atoms with Crippen LogP contribution in [0.3, 0.4) is 0 Å². The number of hydrogen-bond donors (Lipinski definition) is 0. The largest absolute Gasteiger partial charge is 0.378 e. The van der Waals surface area contributed by atoms with Gasteiger partial charge in [0.2, 0.25) is 0 Å². The smallest absolute Gasteiger partial charge is 0.252 e. The van der Waals surface area contributed by atoms with Gasteiger partial charge in [-0.05, 0) is 17.9 Å². The van der Waals surface area contributed by atoms with E-state index in [1.807, 2.05) is 4.57 Å². The number of aromatic nitrogens is 2. The first-order valence-corrected chi connectivity index (χ1v) is 9.00. The molecule has 0 saturated carbocycles. The molecule has 0 aromatic carbocycles. The van der Waals surface area contributed by atoms with Gasteiger partial charge in [0.25, 0.3) is 10.0 Å². The summed E-state index contributed by atoms with van der Waals surface area (Å²) in [5, 5.41) is 1.78. The van der Waals surface area contributed by atoms with Crippen LogP contribution in [0.2, 0.25) is 0 Å². The summed E-state index contributed by atoms with van der Waals surface area (Å²) in [6.07, 6.45) is 2.55. The van der Waals surface area contributed by atoms with Crippen molar-refractivity contribution in [3.63, 3.8) is 0 Å². The number of aryl methyl sites for hydroxylation is 1. The summed E-state index contributed by atoms with van der Waals surface area (Å²) in [5.74, 6) is 0. The predicted molar refractivity (Wildman–Crippen MR) is 79.5 cm³/mol. The quantitative estimate of drug-likeness (QED) is 0.857. The van der Waals surface area contributed by atoms with Crippen LogP contribution >= 0.6 is 11.3 Å². The van der Waals surface area contributed by atoms with Crippen molar-refractivity contribution in [1.29, 1.82) is 0 Å². The monoisotopic (exact) mass is 327 g/mol. The van der Waals surface area contributed by atoms with Gasteiger partial charge in [-0.25, -0.2) is 13.4 Å². The maximum Gasteiger partial charge on any atom is 0.252 e. The molecule has 0 spiro atoms. The minimum Gasteiger partial charge on any atom is -0.378 e. The van der Waals surface area contributed by atoms with Crippen LogP contribution in [0, 0.1) is 0 Å². The van der Waals surface area contributed by atoms with Crippen molar-refractivity contribution in [1.82, 2.24) is 13.9 Å². The van der Waals surface area contributed by atoms with E-state index in [4.69, 9.17) is 4.74 Å². The average molecular weight is 327 g/mol. The molecule has 0 aliphatic carbocycles. The highest BCUT2D eigenvalue weighted by Gasteiger charge is 2.29. The van der Waals surface area contributed by atoms with Gasteiger partial charge in [-0.1, -0.05) is 6.07 Å². The molecule has 0 fully saturated rings. The Kier molecular flexibility index (Phi) is 4.12. The van der Waals surface area contributed by atoms with Gasteiger partial charge in [-0.3, -0.25) is 0 Å². The molecular formula is C13H17N3O3S2. The second-order valence-electron chi connectivity index (χ2n) is 4.89. The van der Waals surface area contributed by atoms with Gasteiger partial charge in [0.15, 0.2) is 0 Å². The van der Waals surface area contributed by atoms with Crippen molar-refractivity contribution in [3.8, 4) is 0 Å². The number of rotatable bonds is 4. The van der Waals surface area contributed by atoms with Gasteiger partial charge in [0, 0.05) is 20.2 Å². The molecule has 6 nitrogen and oxygen atoms in total. The highest BCUT2D eigenvalue weighted by molar-refractivity contribution is 7.91. The van der Waals surface area contributed by atoms with Gasteiger partial charge in [0.05, 0.1) is 30.9 Å². The van der Waals surface area contributed by atoms with Gasteiger partial charge in [-0.15, -0.1) is 11.3 Å². The van der Waals surface area contributed by atoms with Gasteiger partial charge in [0.1, 0.15) is 4.21 Å². The van der Waals surface area contributed by atoms with Crippen LogP contribution < -0.4 is 0 Å². The highest BCUT2D eigenvalue weighted by Crippen LogP contribution is 2.25. The van der Waals surface area contributed by atoms with Crippen molar-refractivity contribution in [2.75, 3.05) is 13.7 Å². The van der Waals surface area contributed by atoms with E-state index in [1.165, 1.54) is 11.3 Å². The summed E-state index contributed by atoms with van der Waals surface area (Å²) >= 11 is 1.25. The van der Waals surface area contributed by atoms with Crippen LogP contribution in [0.5, 0.6) is 0 Å². The number of fused-ring (bicyclic) bond motifs is 1. The standard InChI is InChI=1S/C13H17N3O3S2/c1-19-9-11-12-8-16(6-3-5-15(12)10-14-11)21(17,18)13-4-2-7-20-13/h2,4,7,10H,3,5-6,8-9H2,1H3. The van der Waals surface area contributed by atoms with Crippen LogP contribution in [0.25, 0.3) is 0 Å². The SMILES string of the molecule is COCc1ncn2c1CN(S(=O)(=O)c1cccs1)CCC2. The van der Waals surface area contributed by atoms with Crippen LogP contribution in [-0.2, 0) is 34.5 Å². The summed E-state index contributed by atoms with van der Waals surface area (Å²) in [6.45, 7) is 2.05. The third-order valence-electron chi connectivity index (χ3n) is 3.54. The Bertz CT molecular complexity index is 707. The fourth-order valence-corrected chi connectivity index (χ4v) is 5.07. The molecule has 2 aromatic heterocycles. The maximum absolute atomic E-state index is 12.7. The molecule has 1 aliphatic rings. The number of imidazole rings is 1. The van der Waals surface area contributed by atoms with Gasteiger partial charge >= 0.3 is 0 Å². The Morgan fingerprint density at radius 1 is 1.43 bits per heavy atom. The number of nitrogens with zero attached hydrogens (tertiary/aromatic N) is 3. The van der Waals surface area contributed by atoms with Crippen LogP contribution in [0.4, 0.5) is 0 Å². The number of sulfonamides is 1. The lowest BCUT2D eigenvalue weighted by molar-refractivity contribution is 0.180. The van der Waals surface area contributed by atoms with Crippen LogP contribution in [-0.4, -0.2) is 35.9 Å². The normalized spacial score (nSPS) is 16.6. The number of ether oxygens (including phenoxy) is 1. The minimum absolute atomic E-state index is 0.346. The summed E-state index contributed by atoms with van der Waals surface area (Å²) in [7, 11) is -1.81. The molecule has 0 N–H and O–H groups in total. The Labute approximate surface area is 128 Å². The lowest BCUT2D eigenvalue weighted by Crippen LogP contribution is -2.30. The molecule has 0 atom stereocenters. The zero-order valence-electron chi connectivity index (χ0n) is 11.7. The van der Waals surface area contributed by atoms with E-state index in [0.29, 0.717) is 23.9 Å². The number of thiophene rings is 1. The Hall–Kier alpha value is -1.22. The molecule has 114 valence electrons. The average Bonchev–Trinajstić information content (AvgIpc) is 3.06. The van der Waals surface area contributed by atoms with E-state index in [0.717, 1.165) is 24.4 Å². The first kappa shape index (κ1) is 14.7. The molecule has 8 heteroatoms. The molecule has 2 aromatic rings. The minimum atomic E-state index is -3.42. The van der Waals surface area contributed by atoms with Crippen LogP contribution in [0.15, 0.2) is 28.0 Å². The Morgan fingerprint density at radius 3 is 3.00 bits per heavy atom. The molecule has 0 bridgehead atoms. The van der Waals surface area contributed by atoms with E-state index >= 15 is 0 Å². The van der Waals surface area contributed by atoms with E-state index in [-0.39, 0.29) is 0 Å². The fraction of sp³-hybridized carbons (Fsp3) is 0.462. The maximum atomic E-state index is 12.7. The molecule has 0 saturated heterocycles. The van der Waals surface area contributed by atoms with E-state index < -0.39 is 10.0 Å². The van der Waals surface area contributed by atoms with Gasteiger partial charge in [-0.2, -0.15) is 4.31 Å². The van der Waals surface area contributed by atoms with Crippen molar-refractivity contribution >= 4 is 21.4 Å². The summed E-state index contributed by atoms with van der Waals surface area (Å²) < 4.78 is 34.5. The summed E-state index contributed by atoms with van der Waals surface area (Å²) in [5.41, 5.74) is 1.74. The summed E-state index contributed by atoms with van der Waals surface area (Å²) in [6, 6.07) is 3.41. The first-order chi connectivity index (χ1) is 10.1. The molecule has 0 amide bonds. The van der Waals surface area contributed by atoms with E-state index in [1.54, 1.807) is 35.3 Å². The summed E-state index contributed by atoms with van der Waals surface area (Å²) in [4.78, 5) is 4.33. The fourth-order valence-electron chi connectivity index (χ4n) is 2.49. The lowest BCUT2D eigenvalue weighted by atomic mass is 10.3. The predicted octanol–water partition coefficient (Wildman–Crippen LogP) is 1.69. The van der Waals surface area contributed by atoms with Crippen molar-refractivity contribution in [3.05, 3.63) is 35.2 Å². The topological polar surface area (TPSA) is 64.4 Å². The molecule has 3 heterocycles. The van der Waals surface area contributed by atoms with E-state index in [9.17, 15) is 8.42 Å². The second kappa shape index (κ2) is 5.88. The Morgan fingerprint density at radius 2 is 2.29 bits per heavy atom. The molecular weight excluding hydrogens is 310 g/mol. The Balaban J connectivity index is 1.93. The molecule has 1 aliphatic heterocycles. The molecule has 0 unspecified atom stereocenters. The van der Waals surface area contributed by atoms with Crippen molar-refractivity contribution < 1.29 is 13.2 Å². The molecule has 0 radical (unpaired) electrons. The third kappa shape index (κ3) is 2.76. The van der Waals surface area contributed by atoms with E-state index in [2.05, 4.69) is 4.98 Å². The molecule has 21 heavy (non-hydrogen) atoms. The number of hydrogen-bond acceptors (Lipinski definition) is 5. The molecule has 3 rings (SSSR count). The van der Waals surface area contributed by atoms with Crippen LogP contribution in [0.1, 0.15) is 17.8 Å². The van der Waals surface area contributed by atoms with Crippen molar-refractivity contribution in [2.24, 2.45) is 0 Å². The zero-order valence-corrected chi connectivity index (χ0v) is 13.4. The number of methoxy groups -OCH3 is 1. The third-order valence-corrected chi connectivity index (χ3v) is 6.75. The van der Waals surface area contributed by atoms with Crippen molar-refractivity contribution in [2.45, 2.75) is 30.3 Å². The van der Waals surface area contributed by atoms with Gasteiger partial charge < -0.3 is 9.30 Å². The zero-order chi connectivity index (χ0) is 14.9. The first-order valence-electron chi connectivity index (χ1n) is 6.68. The lowest BCUT2D eigenvalue weighted by Gasteiger charge is -2.19. The highest BCUT2D eigenvalue weighted by atomic mass is 32.2. The second-order valence-corrected chi connectivity index (χ2v) is 8.00.